The first-order valence-electron chi connectivity index (χ1n) is 6.89. The van der Waals surface area contributed by atoms with Crippen LogP contribution in [0.4, 0.5) is 11.4 Å². The molecule has 0 atom stereocenters. The monoisotopic (exact) mass is 309 g/mol. The van der Waals surface area contributed by atoms with Crippen LogP contribution < -0.4 is 10.6 Å². The number of rotatable bonds is 5. The molecule has 0 aliphatic heterocycles. The highest BCUT2D eigenvalue weighted by Crippen LogP contribution is 2.16. The minimum Gasteiger partial charge on any atom is -0.381 e. The van der Waals surface area contributed by atoms with Crippen LogP contribution >= 0.6 is 11.3 Å². The van der Waals surface area contributed by atoms with Gasteiger partial charge in [0, 0.05) is 30.3 Å². The summed E-state index contributed by atoms with van der Waals surface area (Å²) < 4.78 is 0. The molecular weight excluding hydrogens is 294 g/mol. The molecular formula is C17H15N3OS. The molecule has 3 aromatic rings. The summed E-state index contributed by atoms with van der Waals surface area (Å²) in [5.41, 5.74) is 2.90. The van der Waals surface area contributed by atoms with Gasteiger partial charge in [0.15, 0.2) is 0 Å². The molecule has 1 amide bonds. The summed E-state index contributed by atoms with van der Waals surface area (Å²) in [6, 6.07) is 15.3. The quantitative estimate of drug-likeness (QED) is 0.749. The molecule has 0 fully saturated rings. The topological polar surface area (TPSA) is 54.0 Å². The fourth-order valence-electron chi connectivity index (χ4n) is 1.98. The number of thiophene rings is 1. The second-order valence-corrected chi connectivity index (χ2v) is 5.67. The van der Waals surface area contributed by atoms with Crippen molar-refractivity contribution < 1.29 is 4.79 Å². The van der Waals surface area contributed by atoms with Crippen molar-refractivity contribution in [2.24, 2.45) is 0 Å². The van der Waals surface area contributed by atoms with Gasteiger partial charge in [-0.05, 0) is 47.3 Å². The van der Waals surface area contributed by atoms with Crippen molar-refractivity contribution in [3.8, 4) is 0 Å². The number of benzene rings is 1. The zero-order valence-electron chi connectivity index (χ0n) is 11.8. The Bertz CT molecular complexity index is 724. The van der Waals surface area contributed by atoms with Gasteiger partial charge in [-0.15, -0.1) is 11.3 Å². The second-order valence-electron chi connectivity index (χ2n) is 4.72. The predicted molar refractivity (Wildman–Crippen MR) is 90.3 cm³/mol. The van der Waals surface area contributed by atoms with Crippen LogP contribution in [0.1, 0.15) is 15.2 Å². The number of carbonyl (C=O) groups is 1. The van der Waals surface area contributed by atoms with Gasteiger partial charge >= 0.3 is 0 Å². The zero-order chi connectivity index (χ0) is 15.2. The number of pyridine rings is 1. The number of anilines is 2. The highest BCUT2D eigenvalue weighted by Gasteiger charge is 2.06. The van der Waals surface area contributed by atoms with Gasteiger partial charge in [-0.2, -0.15) is 0 Å². The summed E-state index contributed by atoms with van der Waals surface area (Å²) in [6.07, 6.45) is 3.59. The van der Waals surface area contributed by atoms with Gasteiger partial charge in [0.05, 0.1) is 4.88 Å². The van der Waals surface area contributed by atoms with Crippen molar-refractivity contribution in [3.63, 3.8) is 0 Å². The van der Waals surface area contributed by atoms with Crippen molar-refractivity contribution in [1.29, 1.82) is 0 Å². The SMILES string of the molecule is O=C(Nc1ccc(NCc2cccnc2)cc1)c1cccs1. The number of nitrogens with zero attached hydrogens (tertiary/aromatic N) is 1. The summed E-state index contributed by atoms with van der Waals surface area (Å²) in [6.45, 7) is 0.717. The first-order chi connectivity index (χ1) is 10.8. The normalized spacial score (nSPS) is 10.2. The highest BCUT2D eigenvalue weighted by atomic mass is 32.1. The van der Waals surface area contributed by atoms with Gasteiger partial charge in [0.1, 0.15) is 0 Å². The minimum atomic E-state index is -0.0777. The Balaban J connectivity index is 1.57. The van der Waals surface area contributed by atoms with Gasteiger partial charge in [0.25, 0.3) is 5.91 Å². The average Bonchev–Trinajstić information content (AvgIpc) is 3.10. The molecule has 2 aromatic heterocycles. The van der Waals surface area contributed by atoms with Crippen LogP contribution in [0, 0.1) is 0 Å². The van der Waals surface area contributed by atoms with Crippen LogP contribution in [0.5, 0.6) is 0 Å². The number of amides is 1. The van der Waals surface area contributed by atoms with Gasteiger partial charge in [-0.1, -0.05) is 12.1 Å². The third-order valence-electron chi connectivity index (χ3n) is 3.11. The van der Waals surface area contributed by atoms with Crippen LogP contribution in [-0.4, -0.2) is 10.9 Å². The third-order valence-corrected chi connectivity index (χ3v) is 3.98. The molecule has 22 heavy (non-hydrogen) atoms. The summed E-state index contributed by atoms with van der Waals surface area (Å²) in [5.74, 6) is -0.0777. The van der Waals surface area contributed by atoms with E-state index >= 15 is 0 Å². The van der Waals surface area contributed by atoms with Gasteiger partial charge in [-0.25, -0.2) is 0 Å². The molecule has 0 saturated carbocycles. The molecule has 5 heteroatoms. The lowest BCUT2D eigenvalue weighted by Gasteiger charge is -2.08. The smallest absolute Gasteiger partial charge is 0.265 e. The summed E-state index contributed by atoms with van der Waals surface area (Å²) in [7, 11) is 0. The van der Waals surface area contributed by atoms with E-state index in [1.807, 2.05) is 60.1 Å². The van der Waals surface area contributed by atoms with Crippen molar-refractivity contribution in [3.05, 3.63) is 76.7 Å². The molecule has 0 bridgehead atoms. The standard InChI is InChI=1S/C17H15N3OS/c21-17(16-4-2-10-22-16)20-15-7-5-14(6-8-15)19-12-13-3-1-9-18-11-13/h1-11,19H,12H2,(H,20,21). The number of nitrogens with one attached hydrogen (secondary N) is 2. The van der Waals surface area contributed by atoms with E-state index in [0.717, 1.165) is 23.5 Å². The molecule has 4 nitrogen and oxygen atoms in total. The molecule has 0 aliphatic rings. The minimum absolute atomic E-state index is 0.0777. The van der Waals surface area contributed by atoms with Crippen LogP contribution in [0.25, 0.3) is 0 Å². The third kappa shape index (κ3) is 3.71. The molecule has 0 unspecified atom stereocenters. The fraction of sp³-hybridized carbons (Fsp3) is 0.0588. The average molecular weight is 309 g/mol. The highest BCUT2D eigenvalue weighted by molar-refractivity contribution is 7.12. The summed E-state index contributed by atoms with van der Waals surface area (Å²) in [4.78, 5) is 16.7. The maximum atomic E-state index is 11.9. The fourth-order valence-corrected chi connectivity index (χ4v) is 2.60. The molecule has 0 saturated heterocycles. The Hall–Kier alpha value is -2.66. The lowest BCUT2D eigenvalue weighted by molar-refractivity contribution is 0.103. The van der Waals surface area contributed by atoms with E-state index in [-0.39, 0.29) is 5.91 Å². The van der Waals surface area contributed by atoms with Gasteiger partial charge in [-0.3, -0.25) is 9.78 Å². The van der Waals surface area contributed by atoms with Crippen molar-refractivity contribution in [1.82, 2.24) is 4.98 Å². The first-order valence-corrected chi connectivity index (χ1v) is 7.77. The molecule has 0 aliphatic carbocycles. The van der Waals surface area contributed by atoms with Crippen LogP contribution in [0.2, 0.25) is 0 Å². The lowest BCUT2D eigenvalue weighted by Crippen LogP contribution is -2.10. The lowest BCUT2D eigenvalue weighted by atomic mass is 10.2. The predicted octanol–water partition coefficient (Wildman–Crippen LogP) is 4.01. The van der Waals surface area contributed by atoms with E-state index in [9.17, 15) is 4.79 Å². The zero-order valence-corrected chi connectivity index (χ0v) is 12.6. The number of hydrogen-bond acceptors (Lipinski definition) is 4. The van der Waals surface area contributed by atoms with E-state index in [4.69, 9.17) is 0 Å². The van der Waals surface area contributed by atoms with E-state index in [1.165, 1.54) is 11.3 Å². The van der Waals surface area contributed by atoms with E-state index < -0.39 is 0 Å². The maximum absolute atomic E-state index is 11.9. The Morgan fingerprint density at radius 2 is 1.86 bits per heavy atom. The number of aromatic nitrogens is 1. The van der Waals surface area contributed by atoms with E-state index in [0.29, 0.717) is 4.88 Å². The number of hydrogen-bond donors (Lipinski definition) is 2. The molecule has 3 rings (SSSR count). The molecule has 2 heterocycles. The largest absolute Gasteiger partial charge is 0.381 e. The van der Waals surface area contributed by atoms with Gasteiger partial charge in [0.2, 0.25) is 0 Å². The Labute approximate surface area is 132 Å². The number of carbonyl (C=O) groups excluding carboxylic acids is 1. The maximum Gasteiger partial charge on any atom is 0.265 e. The van der Waals surface area contributed by atoms with Crippen molar-refractivity contribution >= 4 is 28.6 Å². The Morgan fingerprint density at radius 3 is 2.55 bits per heavy atom. The van der Waals surface area contributed by atoms with Crippen molar-refractivity contribution in [2.75, 3.05) is 10.6 Å². The van der Waals surface area contributed by atoms with Crippen LogP contribution in [0.15, 0.2) is 66.3 Å². The Kier molecular flexibility index (Phi) is 4.46. The first kappa shape index (κ1) is 14.3. The Morgan fingerprint density at radius 1 is 1.05 bits per heavy atom. The second kappa shape index (κ2) is 6.87. The van der Waals surface area contributed by atoms with Crippen LogP contribution in [0.3, 0.4) is 0 Å². The van der Waals surface area contributed by atoms with Crippen molar-refractivity contribution in [2.45, 2.75) is 6.54 Å². The van der Waals surface area contributed by atoms with Crippen LogP contribution in [-0.2, 0) is 6.54 Å². The molecule has 110 valence electrons. The molecule has 1 aromatic carbocycles. The van der Waals surface area contributed by atoms with E-state index in [2.05, 4.69) is 15.6 Å². The molecule has 2 N–H and O–H groups in total. The summed E-state index contributed by atoms with van der Waals surface area (Å²) >= 11 is 1.43. The molecule has 0 radical (unpaired) electrons. The molecule has 0 spiro atoms. The summed E-state index contributed by atoms with van der Waals surface area (Å²) in [5, 5.41) is 8.09. The van der Waals surface area contributed by atoms with E-state index in [1.54, 1.807) is 6.20 Å². The van der Waals surface area contributed by atoms with Gasteiger partial charge < -0.3 is 10.6 Å².